The molecule has 0 aromatic rings. The molecule has 0 N–H and O–H groups in total. The Morgan fingerprint density at radius 2 is 1.71 bits per heavy atom. The van der Waals surface area contributed by atoms with Crippen molar-refractivity contribution in [2.45, 2.75) is 76.9 Å². The highest BCUT2D eigenvalue weighted by Gasteiger charge is 2.38. The van der Waals surface area contributed by atoms with Crippen LogP contribution < -0.4 is 0 Å². The monoisotopic (exact) mass is 302 g/mol. The molecule has 0 aromatic carbocycles. The van der Waals surface area contributed by atoms with Gasteiger partial charge in [-0.05, 0) is 50.4 Å². The molecule has 0 aromatic heterocycles. The summed E-state index contributed by atoms with van der Waals surface area (Å²) >= 11 is 3.71. The van der Waals surface area contributed by atoms with Crippen LogP contribution in [0.4, 0.5) is 0 Å². The lowest BCUT2D eigenvalue weighted by molar-refractivity contribution is -0.103. The molecule has 0 unspecified atom stereocenters. The van der Waals surface area contributed by atoms with E-state index in [0.717, 1.165) is 17.2 Å². The first kappa shape index (κ1) is 13.9. The fourth-order valence-electron chi connectivity index (χ4n) is 3.48. The fraction of sp³-hybridized carbons (Fsp3) is 1.00. The Morgan fingerprint density at radius 1 is 1.12 bits per heavy atom. The SMILES string of the molecule is CC(C)C1CCC(CBr)(OC2CCCC2)CC1. The number of alkyl halides is 1. The second-order valence-electron chi connectivity index (χ2n) is 6.42. The van der Waals surface area contributed by atoms with E-state index in [-0.39, 0.29) is 5.60 Å². The Balaban J connectivity index is 1.88. The van der Waals surface area contributed by atoms with E-state index in [1.165, 1.54) is 51.4 Å². The largest absolute Gasteiger partial charge is 0.371 e. The predicted molar refractivity (Wildman–Crippen MR) is 76.7 cm³/mol. The molecule has 1 nitrogen and oxygen atoms in total. The van der Waals surface area contributed by atoms with Crippen LogP contribution in [0, 0.1) is 11.8 Å². The van der Waals surface area contributed by atoms with Crippen LogP contribution in [0.3, 0.4) is 0 Å². The maximum Gasteiger partial charge on any atom is 0.0782 e. The summed E-state index contributed by atoms with van der Waals surface area (Å²) in [5.41, 5.74) is 0.167. The molecule has 2 aliphatic carbocycles. The van der Waals surface area contributed by atoms with Crippen molar-refractivity contribution in [3.63, 3.8) is 0 Å². The second kappa shape index (κ2) is 6.06. The third-order valence-electron chi connectivity index (χ3n) is 4.85. The van der Waals surface area contributed by atoms with Gasteiger partial charge in [0, 0.05) is 5.33 Å². The molecule has 0 saturated heterocycles. The predicted octanol–water partition coefficient (Wildman–Crippen LogP) is 4.93. The van der Waals surface area contributed by atoms with Crippen molar-refractivity contribution >= 4 is 15.9 Å². The van der Waals surface area contributed by atoms with Crippen LogP contribution in [0.5, 0.6) is 0 Å². The van der Waals surface area contributed by atoms with E-state index in [0.29, 0.717) is 6.10 Å². The van der Waals surface area contributed by atoms with Gasteiger partial charge in [0.1, 0.15) is 0 Å². The lowest BCUT2D eigenvalue weighted by atomic mass is 9.75. The Labute approximate surface area is 115 Å². The van der Waals surface area contributed by atoms with Crippen LogP contribution in [0.1, 0.15) is 65.2 Å². The average molecular weight is 303 g/mol. The average Bonchev–Trinajstić information content (AvgIpc) is 2.82. The number of rotatable bonds is 4. The molecule has 0 spiro atoms. The molecular formula is C15H27BrO. The van der Waals surface area contributed by atoms with Crippen LogP contribution in [0.15, 0.2) is 0 Å². The summed E-state index contributed by atoms with van der Waals surface area (Å²) in [5.74, 6) is 1.77. The molecule has 2 saturated carbocycles. The van der Waals surface area contributed by atoms with Crippen LogP contribution in [-0.4, -0.2) is 17.0 Å². The molecular weight excluding hydrogens is 276 g/mol. The number of ether oxygens (including phenoxy) is 1. The van der Waals surface area contributed by atoms with Crippen molar-refractivity contribution in [2.75, 3.05) is 5.33 Å². The van der Waals surface area contributed by atoms with Gasteiger partial charge in [-0.2, -0.15) is 0 Å². The van der Waals surface area contributed by atoms with Gasteiger partial charge in [-0.25, -0.2) is 0 Å². The van der Waals surface area contributed by atoms with Crippen molar-refractivity contribution in [1.82, 2.24) is 0 Å². The molecule has 100 valence electrons. The summed E-state index contributed by atoms with van der Waals surface area (Å²) in [6.07, 6.45) is 11.1. The summed E-state index contributed by atoms with van der Waals surface area (Å²) in [4.78, 5) is 0. The molecule has 0 atom stereocenters. The van der Waals surface area contributed by atoms with Gasteiger partial charge in [0.15, 0.2) is 0 Å². The lowest BCUT2D eigenvalue weighted by Crippen LogP contribution is -2.42. The van der Waals surface area contributed by atoms with E-state index in [2.05, 4.69) is 29.8 Å². The van der Waals surface area contributed by atoms with Gasteiger partial charge in [-0.3, -0.25) is 0 Å². The van der Waals surface area contributed by atoms with Crippen molar-refractivity contribution in [2.24, 2.45) is 11.8 Å². The fourth-order valence-corrected chi connectivity index (χ4v) is 4.17. The molecule has 2 heteroatoms. The van der Waals surface area contributed by atoms with E-state index in [1.807, 2.05) is 0 Å². The highest BCUT2D eigenvalue weighted by atomic mass is 79.9. The number of halogens is 1. The van der Waals surface area contributed by atoms with Crippen LogP contribution in [0.2, 0.25) is 0 Å². The molecule has 2 fully saturated rings. The minimum absolute atomic E-state index is 0.167. The summed E-state index contributed by atoms with van der Waals surface area (Å²) in [6, 6.07) is 0. The third kappa shape index (κ3) is 3.47. The van der Waals surface area contributed by atoms with Crippen molar-refractivity contribution in [3.05, 3.63) is 0 Å². The smallest absolute Gasteiger partial charge is 0.0782 e. The zero-order valence-electron chi connectivity index (χ0n) is 11.4. The molecule has 0 bridgehead atoms. The van der Waals surface area contributed by atoms with Gasteiger partial charge in [-0.15, -0.1) is 0 Å². The molecule has 17 heavy (non-hydrogen) atoms. The number of hydrogen-bond acceptors (Lipinski definition) is 1. The van der Waals surface area contributed by atoms with Crippen molar-refractivity contribution in [1.29, 1.82) is 0 Å². The second-order valence-corrected chi connectivity index (χ2v) is 6.98. The molecule has 2 rings (SSSR count). The number of hydrogen-bond donors (Lipinski definition) is 0. The molecule has 0 amide bonds. The van der Waals surface area contributed by atoms with Crippen LogP contribution >= 0.6 is 15.9 Å². The molecule has 0 aliphatic heterocycles. The van der Waals surface area contributed by atoms with Crippen LogP contribution in [0.25, 0.3) is 0 Å². The van der Waals surface area contributed by atoms with Gasteiger partial charge < -0.3 is 4.74 Å². The van der Waals surface area contributed by atoms with E-state index in [4.69, 9.17) is 4.74 Å². The van der Waals surface area contributed by atoms with Gasteiger partial charge >= 0.3 is 0 Å². The summed E-state index contributed by atoms with van der Waals surface area (Å²) in [7, 11) is 0. The minimum atomic E-state index is 0.167. The topological polar surface area (TPSA) is 9.23 Å². The Bertz CT molecular complexity index is 225. The van der Waals surface area contributed by atoms with Gasteiger partial charge in [0.2, 0.25) is 0 Å². The maximum atomic E-state index is 6.47. The molecule has 0 heterocycles. The first-order valence-electron chi connectivity index (χ1n) is 7.39. The van der Waals surface area contributed by atoms with E-state index < -0.39 is 0 Å². The van der Waals surface area contributed by atoms with Crippen LogP contribution in [-0.2, 0) is 4.74 Å². The lowest BCUT2D eigenvalue weighted by Gasteiger charge is -2.41. The highest BCUT2D eigenvalue weighted by molar-refractivity contribution is 9.09. The molecule has 2 aliphatic rings. The maximum absolute atomic E-state index is 6.47. The zero-order valence-corrected chi connectivity index (χ0v) is 13.0. The quantitative estimate of drug-likeness (QED) is 0.669. The van der Waals surface area contributed by atoms with E-state index in [1.54, 1.807) is 0 Å². The standard InChI is InChI=1S/C15H27BrO/c1-12(2)13-7-9-15(11-16,10-8-13)17-14-5-3-4-6-14/h12-14H,3-11H2,1-2H3. The highest BCUT2D eigenvalue weighted by Crippen LogP contribution is 2.41. The first-order valence-corrected chi connectivity index (χ1v) is 8.51. The summed E-state index contributed by atoms with van der Waals surface area (Å²) < 4.78 is 6.47. The summed E-state index contributed by atoms with van der Waals surface area (Å²) in [5, 5.41) is 1.03. The van der Waals surface area contributed by atoms with Gasteiger partial charge in [-0.1, -0.05) is 42.6 Å². The normalized spacial score (nSPS) is 35.6. The van der Waals surface area contributed by atoms with Gasteiger partial charge in [0.25, 0.3) is 0 Å². The van der Waals surface area contributed by atoms with Crippen molar-refractivity contribution in [3.8, 4) is 0 Å². The van der Waals surface area contributed by atoms with E-state index >= 15 is 0 Å². The molecule has 0 radical (unpaired) electrons. The van der Waals surface area contributed by atoms with Crippen molar-refractivity contribution < 1.29 is 4.74 Å². The van der Waals surface area contributed by atoms with Gasteiger partial charge in [0.05, 0.1) is 11.7 Å². The Morgan fingerprint density at radius 3 is 2.18 bits per heavy atom. The zero-order chi connectivity index (χ0) is 12.3. The third-order valence-corrected chi connectivity index (χ3v) is 5.87. The van der Waals surface area contributed by atoms with E-state index in [9.17, 15) is 0 Å². The first-order chi connectivity index (χ1) is 8.15. The Hall–Kier alpha value is 0.440. The minimum Gasteiger partial charge on any atom is -0.371 e. The summed E-state index contributed by atoms with van der Waals surface area (Å²) in [6.45, 7) is 4.73. The Kier molecular flexibility index (Phi) is 4.94.